The van der Waals surface area contributed by atoms with Crippen LogP contribution in [0, 0.1) is 15.9 Å². The van der Waals surface area contributed by atoms with Gasteiger partial charge in [0.05, 0.1) is 11.5 Å². The highest BCUT2D eigenvalue weighted by Crippen LogP contribution is 2.27. The first-order valence-corrected chi connectivity index (χ1v) is 7.08. The molecule has 1 heterocycles. The molecule has 0 unspecified atom stereocenters. The fourth-order valence-corrected chi connectivity index (χ4v) is 2.20. The van der Waals surface area contributed by atoms with Crippen LogP contribution in [0.25, 0.3) is 0 Å². The molecule has 0 saturated carbocycles. The Kier molecular flexibility index (Phi) is 5.45. The Morgan fingerprint density at radius 2 is 2.04 bits per heavy atom. The molecule has 2 amide bonds. The standard InChI is InChI=1S/C14H16FN3O5/c15-10-3-4-11(18(21)22)12(7-10)23-9-13(19)16-8-14(20)17-5-1-2-6-17/h3-4,7H,1-2,5-6,8-9H2,(H,16,19). The Morgan fingerprint density at radius 3 is 2.70 bits per heavy atom. The molecule has 1 saturated heterocycles. The number of carbonyl (C=O) groups excluding carboxylic acids is 2. The second-order valence-electron chi connectivity index (χ2n) is 5.02. The number of ether oxygens (including phenoxy) is 1. The maximum Gasteiger partial charge on any atom is 0.311 e. The molecule has 23 heavy (non-hydrogen) atoms. The van der Waals surface area contributed by atoms with E-state index in [9.17, 15) is 24.1 Å². The van der Waals surface area contributed by atoms with E-state index in [1.54, 1.807) is 4.90 Å². The number of halogens is 1. The van der Waals surface area contributed by atoms with Crippen LogP contribution in [-0.4, -0.2) is 47.9 Å². The molecular weight excluding hydrogens is 309 g/mol. The summed E-state index contributed by atoms with van der Waals surface area (Å²) in [6.07, 6.45) is 1.90. The van der Waals surface area contributed by atoms with Crippen LogP contribution in [-0.2, 0) is 9.59 Å². The molecule has 1 aliphatic rings. The smallest absolute Gasteiger partial charge is 0.311 e. The van der Waals surface area contributed by atoms with Gasteiger partial charge in [-0.3, -0.25) is 19.7 Å². The van der Waals surface area contributed by atoms with Crippen LogP contribution in [0.2, 0.25) is 0 Å². The van der Waals surface area contributed by atoms with E-state index in [-0.39, 0.29) is 18.2 Å². The van der Waals surface area contributed by atoms with Gasteiger partial charge in [0.1, 0.15) is 5.82 Å². The third-order valence-electron chi connectivity index (χ3n) is 3.37. The van der Waals surface area contributed by atoms with Gasteiger partial charge in [-0.1, -0.05) is 0 Å². The topological polar surface area (TPSA) is 102 Å². The molecule has 0 bridgehead atoms. The lowest BCUT2D eigenvalue weighted by molar-refractivity contribution is -0.385. The number of likely N-dealkylation sites (tertiary alicyclic amines) is 1. The Labute approximate surface area is 131 Å². The van der Waals surface area contributed by atoms with Gasteiger partial charge in [0, 0.05) is 25.2 Å². The summed E-state index contributed by atoms with van der Waals surface area (Å²) < 4.78 is 18.1. The molecule has 124 valence electrons. The van der Waals surface area contributed by atoms with Crippen molar-refractivity contribution in [3.8, 4) is 5.75 Å². The Morgan fingerprint density at radius 1 is 1.35 bits per heavy atom. The van der Waals surface area contributed by atoms with E-state index in [1.807, 2.05) is 0 Å². The van der Waals surface area contributed by atoms with Crippen LogP contribution in [0.1, 0.15) is 12.8 Å². The van der Waals surface area contributed by atoms with Crippen LogP contribution in [0.3, 0.4) is 0 Å². The summed E-state index contributed by atoms with van der Waals surface area (Å²) in [5.74, 6) is -1.85. The molecule has 2 rings (SSSR count). The maximum atomic E-state index is 13.1. The number of benzene rings is 1. The van der Waals surface area contributed by atoms with E-state index in [0.29, 0.717) is 13.1 Å². The number of hydrogen-bond donors (Lipinski definition) is 1. The van der Waals surface area contributed by atoms with Crippen molar-refractivity contribution < 1.29 is 23.6 Å². The third-order valence-corrected chi connectivity index (χ3v) is 3.37. The number of amides is 2. The normalized spacial score (nSPS) is 13.7. The Hall–Kier alpha value is -2.71. The molecule has 1 fully saturated rings. The van der Waals surface area contributed by atoms with E-state index < -0.39 is 28.9 Å². The summed E-state index contributed by atoms with van der Waals surface area (Å²) in [5, 5.41) is 13.2. The molecule has 0 aromatic heterocycles. The van der Waals surface area contributed by atoms with Gasteiger partial charge >= 0.3 is 5.69 Å². The molecule has 1 N–H and O–H groups in total. The third kappa shape index (κ3) is 4.63. The Balaban J connectivity index is 1.83. The summed E-state index contributed by atoms with van der Waals surface area (Å²) in [4.78, 5) is 35.1. The number of carbonyl (C=O) groups is 2. The average molecular weight is 325 g/mol. The van der Waals surface area contributed by atoms with Crippen LogP contribution in [0.4, 0.5) is 10.1 Å². The van der Waals surface area contributed by atoms with Crippen molar-refractivity contribution in [3.05, 3.63) is 34.1 Å². The van der Waals surface area contributed by atoms with Gasteiger partial charge in [-0.15, -0.1) is 0 Å². The summed E-state index contributed by atoms with van der Waals surface area (Å²) >= 11 is 0. The lowest BCUT2D eigenvalue weighted by atomic mass is 10.3. The molecule has 0 aliphatic carbocycles. The highest BCUT2D eigenvalue weighted by Gasteiger charge is 2.19. The Bertz CT molecular complexity index is 616. The first-order chi connectivity index (χ1) is 11.0. The molecule has 0 radical (unpaired) electrons. The van der Waals surface area contributed by atoms with Gasteiger partial charge in [-0.25, -0.2) is 4.39 Å². The summed E-state index contributed by atoms with van der Waals surface area (Å²) in [5.41, 5.74) is -0.438. The summed E-state index contributed by atoms with van der Waals surface area (Å²) in [7, 11) is 0. The fourth-order valence-electron chi connectivity index (χ4n) is 2.20. The SMILES string of the molecule is O=C(COc1cc(F)ccc1[N+](=O)[O-])NCC(=O)N1CCCC1. The van der Waals surface area contributed by atoms with Crippen molar-refractivity contribution >= 4 is 17.5 Å². The second-order valence-corrected chi connectivity index (χ2v) is 5.02. The number of nitrogens with zero attached hydrogens (tertiary/aromatic N) is 2. The highest BCUT2D eigenvalue weighted by atomic mass is 19.1. The number of rotatable bonds is 6. The largest absolute Gasteiger partial charge is 0.477 e. The van der Waals surface area contributed by atoms with Crippen LogP contribution >= 0.6 is 0 Å². The van der Waals surface area contributed by atoms with Gasteiger partial charge in [0.15, 0.2) is 6.61 Å². The first-order valence-electron chi connectivity index (χ1n) is 7.08. The van der Waals surface area contributed by atoms with Crippen molar-refractivity contribution in [2.75, 3.05) is 26.2 Å². The van der Waals surface area contributed by atoms with Gasteiger partial charge in [0.25, 0.3) is 5.91 Å². The van der Waals surface area contributed by atoms with Gasteiger partial charge in [0.2, 0.25) is 11.7 Å². The van der Waals surface area contributed by atoms with Crippen LogP contribution < -0.4 is 10.1 Å². The quantitative estimate of drug-likeness (QED) is 0.617. The van der Waals surface area contributed by atoms with E-state index in [0.717, 1.165) is 31.0 Å². The molecule has 1 aromatic carbocycles. The monoisotopic (exact) mass is 325 g/mol. The molecule has 1 aromatic rings. The predicted octanol–water partition coefficient (Wildman–Crippen LogP) is 0.851. The molecular formula is C14H16FN3O5. The predicted molar refractivity (Wildman–Crippen MR) is 77.4 cm³/mol. The van der Waals surface area contributed by atoms with Crippen LogP contribution in [0.15, 0.2) is 18.2 Å². The average Bonchev–Trinajstić information content (AvgIpc) is 3.04. The number of nitrogens with one attached hydrogen (secondary N) is 1. The zero-order chi connectivity index (χ0) is 16.8. The number of nitro groups is 1. The van der Waals surface area contributed by atoms with Gasteiger partial charge < -0.3 is 15.0 Å². The van der Waals surface area contributed by atoms with Crippen molar-refractivity contribution in [2.45, 2.75) is 12.8 Å². The molecule has 1 aliphatic heterocycles. The summed E-state index contributed by atoms with van der Waals surface area (Å²) in [6, 6.07) is 2.72. The van der Waals surface area contributed by atoms with E-state index in [4.69, 9.17) is 4.74 Å². The molecule has 9 heteroatoms. The van der Waals surface area contributed by atoms with E-state index in [2.05, 4.69) is 5.32 Å². The lowest BCUT2D eigenvalue weighted by Gasteiger charge is -2.15. The zero-order valence-electron chi connectivity index (χ0n) is 12.3. The van der Waals surface area contributed by atoms with Crippen molar-refractivity contribution in [1.29, 1.82) is 0 Å². The minimum Gasteiger partial charge on any atom is -0.477 e. The highest BCUT2D eigenvalue weighted by molar-refractivity contribution is 5.85. The van der Waals surface area contributed by atoms with E-state index in [1.165, 1.54) is 0 Å². The van der Waals surface area contributed by atoms with Crippen LogP contribution in [0.5, 0.6) is 5.75 Å². The number of hydrogen-bond acceptors (Lipinski definition) is 5. The second kappa shape index (κ2) is 7.52. The minimum absolute atomic E-state index is 0.159. The zero-order valence-corrected chi connectivity index (χ0v) is 12.3. The fraction of sp³-hybridized carbons (Fsp3) is 0.429. The molecule has 8 nitrogen and oxygen atoms in total. The van der Waals surface area contributed by atoms with Gasteiger partial charge in [-0.2, -0.15) is 0 Å². The van der Waals surface area contributed by atoms with Gasteiger partial charge in [-0.05, 0) is 18.9 Å². The molecule has 0 atom stereocenters. The van der Waals surface area contributed by atoms with Crippen molar-refractivity contribution in [2.24, 2.45) is 0 Å². The summed E-state index contributed by atoms with van der Waals surface area (Å²) in [6.45, 7) is 0.659. The lowest BCUT2D eigenvalue weighted by Crippen LogP contribution is -2.40. The van der Waals surface area contributed by atoms with Crippen molar-refractivity contribution in [3.63, 3.8) is 0 Å². The minimum atomic E-state index is -0.733. The maximum absolute atomic E-state index is 13.1. The number of nitro benzene ring substituents is 1. The molecule has 0 spiro atoms. The first kappa shape index (κ1) is 16.7. The van der Waals surface area contributed by atoms with E-state index >= 15 is 0 Å². The van der Waals surface area contributed by atoms with Crippen molar-refractivity contribution in [1.82, 2.24) is 10.2 Å².